The van der Waals surface area contributed by atoms with Crippen molar-refractivity contribution in [2.45, 2.75) is 297 Å². The van der Waals surface area contributed by atoms with Crippen molar-refractivity contribution in [3.63, 3.8) is 0 Å². The van der Waals surface area contributed by atoms with E-state index in [4.69, 9.17) is 14.2 Å². The van der Waals surface area contributed by atoms with Crippen LogP contribution in [0.4, 0.5) is 0 Å². The number of carbonyl (C=O) groups is 3. The molecule has 67 heavy (non-hydrogen) atoms. The van der Waals surface area contributed by atoms with Crippen LogP contribution in [0.1, 0.15) is 290 Å². The van der Waals surface area contributed by atoms with Gasteiger partial charge in [0.05, 0.1) is 0 Å². The van der Waals surface area contributed by atoms with Crippen molar-refractivity contribution in [3.05, 3.63) is 60.8 Å². The molecule has 0 aliphatic carbocycles. The maximum atomic E-state index is 12.8. The van der Waals surface area contributed by atoms with Gasteiger partial charge in [-0.05, 0) is 83.5 Å². The summed E-state index contributed by atoms with van der Waals surface area (Å²) >= 11 is 0. The molecule has 0 rings (SSSR count). The molecule has 0 bridgehead atoms. The zero-order valence-electron chi connectivity index (χ0n) is 44.4. The Bertz CT molecular complexity index is 1210. The molecular weight excluding hydrogens is 829 g/mol. The molecule has 0 fully saturated rings. The SMILES string of the molecule is CC/C=C\C/C=C\C/C=C\C/C=C\CCCCCCC(=O)OCC(COC(=O)CCCCCCCCCCCCCCCCCC)OC(=O)CCCCCCC/C=C\CCCCCCCCC. The van der Waals surface area contributed by atoms with E-state index >= 15 is 0 Å². The van der Waals surface area contributed by atoms with Crippen molar-refractivity contribution in [1.82, 2.24) is 0 Å². The van der Waals surface area contributed by atoms with Crippen LogP contribution >= 0.6 is 0 Å². The second-order valence-electron chi connectivity index (χ2n) is 19.2. The van der Waals surface area contributed by atoms with Crippen LogP contribution in [0.3, 0.4) is 0 Å². The zero-order chi connectivity index (χ0) is 48.6. The van der Waals surface area contributed by atoms with Gasteiger partial charge < -0.3 is 14.2 Å². The third-order valence-electron chi connectivity index (χ3n) is 12.5. The van der Waals surface area contributed by atoms with Crippen molar-refractivity contribution in [3.8, 4) is 0 Å². The topological polar surface area (TPSA) is 78.9 Å². The Hall–Kier alpha value is -2.89. The van der Waals surface area contributed by atoms with Crippen molar-refractivity contribution >= 4 is 17.9 Å². The van der Waals surface area contributed by atoms with Crippen LogP contribution in [0.25, 0.3) is 0 Å². The standard InChI is InChI=1S/C61H108O6/c1-4-7-10-13-16-19-22-25-28-31-34-36-39-42-45-48-51-54-60(63)66-57-58(67-61(64)55-52-49-46-43-40-37-33-30-27-24-21-18-15-12-9-6-3)56-65-59(62)53-50-47-44-41-38-35-32-29-26-23-20-17-14-11-8-5-2/h7,10,16,19,25,28,30,33-34,36,58H,4-6,8-9,11-15,17-18,20-24,26-27,29,31-32,35,37-57H2,1-3H3/b10-7-,19-16-,28-25-,33-30-,36-34-. The van der Waals surface area contributed by atoms with E-state index in [0.29, 0.717) is 19.3 Å². The molecular formula is C61H108O6. The molecule has 6 heteroatoms. The molecule has 0 aromatic carbocycles. The fourth-order valence-corrected chi connectivity index (χ4v) is 8.19. The maximum absolute atomic E-state index is 12.8. The molecule has 1 unspecified atom stereocenters. The van der Waals surface area contributed by atoms with Gasteiger partial charge in [-0.15, -0.1) is 0 Å². The molecule has 0 aromatic heterocycles. The summed E-state index contributed by atoms with van der Waals surface area (Å²) < 4.78 is 16.9. The fraction of sp³-hybridized carbons (Fsp3) is 0.787. The average molecular weight is 938 g/mol. The van der Waals surface area contributed by atoms with Gasteiger partial charge in [0.1, 0.15) is 13.2 Å². The van der Waals surface area contributed by atoms with E-state index in [2.05, 4.69) is 81.5 Å². The average Bonchev–Trinajstić information content (AvgIpc) is 3.33. The summed E-state index contributed by atoms with van der Waals surface area (Å²) in [5.41, 5.74) is 0. The van der Waals surface area contributed by atoms with E-state index in [1.165, 1.54) is 141 Å². The molecule has 0 aliphatic rings. The first kappa shape index (κ1) is 64.1. The number of ether oxygens (including phenoxy) is 3. The molecule has 1 atom stereocenters. The second-order valence-corrected chi connectivity index (χ2v) is 19.2. The van der Waals surface area contributed by atoms with E-state index in [0.717, 1.165) is 109 Å². The van der Waals surface area contributed by atoms with Gasteiger partial charge in [0.2, 0.25) is 0 Å². The first-order valence-corrected chi connectivity index (χ1v) is 28.8. The molecule has 0 radical (unpaired) electrons. The quantitative estimate of drug-likeness (QED) is 0.0262. The molecule has 388 valence electrons. The summed E-state index contributed by atoms with van der Waals surface area (Å²) in [7, 11) is 0. The summed E-state index contributed by atoms with van der Waals surface area (Å²) in [5, 5.41) is 0. The van der Waals surface area contributed by atoms with Crippen molar-refractivity contribution in [1.29, 1.82) is 0 Å². The molecule has 0 heterocycles. The Morgan fingerprint density at radius 2 is 0.582 bits per heavy atom. The largest absolute Gasteiger partial charge is 0.462 e. The van der Waals surface area contributed by atoms with Gasteiger partial charge >= 0.3 is 17.9 Å². The first-order valence-electron chi connectivity index (χ1n) is 28.8. The third kappa shape index (κ3) is 53.9. The van der Waals surface area contributed by atoms with Crippen LogP contribution in [0.2, 0.25) is 0 Å². The van der Waals surface area contributed by atoms with E-state index in [1.54, 1.807) is 0 Å². The van der Waals surface area contributed by atoms with Crippen LogP contribution in [-0.2, 0) is 28.6 Å². The maximum Gasteiger partial charge on any atom is 0.306 e. The number of allylic oxidation sites excluding steroid dienone is 10. The van der Waals surface area contributed by atoms with Crippen LogP contribution in [0.15, 0.2) is 60.8 Å². The normalized spacial score (nSPS) is 12.5. The fourth-order valence-electron chi connectivity index (χ4n) is 8.19. The molecule has 0 aromatic rings. The van der Waals surface area contributed by atoms with Crippen LogP contribution < -0.4 is 0 Å². The molecule has 0 N–H and O–H groups in total. The van der Waals surface area contributed by atoms with Gasteiger partial charge in [-0.2, -0.15) is 0 Å². The minimum Gasteiger partial charge on any atom is -0.462 e. The number of hydrogen-bond donors (Lipinski definition) is 0. The highest BCUT2D eigenvalue weighted by molar-refractivity contribution is 5.71. The molecule has 0 spiro atoms. The summed E-state index contributed by atoms with van der Waals surface area (Å²) in [6, 6.07) is 0. The second kappa shape index (κ2) is 55.7. The smallest absolute Gasteiger partial charge is 0.306 e. The highest BCUT2D eigenvalue weighted by atomic mass is 16.6. The number of unbranched alkanes of at least 4 members (excludes halogenated alkanes) is 31. The van der Waals surface area contributed by atoms with Gasteiger partial charge in [-0.1, -0.05) is 248 Å². The molecule has 0 amide bonds. The minimum atomic E-state index is -0.787. The van der Waals surface area contributed by atoms with Crippen LogP contribution in [-0.4, -0.2) is 37.2 Å². The Morgan fingerprint density at radius 3 is 0.925 bits per heavy atom. The summed E-state index contributed by atoms with van der Waals surface area (Å²) in [5.74, 6) is -0.903. The van der Waals surface area contributed by atoms with Crippen molar-refractivity contribution < 1.29 is 28.6 Å². The lowest BCUT2D eigenvalue weighted by Crippen LogP contribution is -2.30. The number of rotatable bonds is 52. The highest BCUT2D eigenvalue weighted by Crippen LogP contribution is 2.16. The van der Waals surface area contributed by atoms with E-state index in [1.807, 2.05) is 0 Å². The van der Waals surface area contributed by atoms with Crippen LogP contribution in [0, 0.1) is 0 Å². The molecule has 6 nitrogen and oxygen atoms in total. The Labute approximate surface area is 415 Å². The molecule has 0 saturated heterocycles. The minimum absolute atomic E-state index is 0.0829. The van der Waals surface area contributed by atoms with Gasteiger partial charge in [0, 0.05) is 19.3 Å². The third-order valence-corrected chi connectivity index (χ3v) is 12.5. The molecule has 0 saturated carbocycles. The lowest BCUT2D eigenvalue weighted by atomic mass is 10.0. The zero-order valence-corrected chi connectivity index (χ0v) is 44.4. The predicted octanol–water partition coefficient (Wildman–Crippen LogP) is 19.2. The Balaban J connectivity index is 4.41. The van der Waals surface area contributed by atoms with E-state index < -0.39 is 6.10 Å². The summed E-state index contributed by atoms with van der Waals surface area (Å²) in [4.78, 5) is 38.2. The predicted molar refractivity (Wildman–Crippen MR) is 288 cm³/mol. The number of hydrogen-bond acceptors (Lipinski definition) is 6. The molecule has 0 aliphatic heterocycles. The van der Waals surface area contributed by atoms with Gasteiger partial charge in [-0.3, -0.25) is 14.4 Å². The first-order chi connectivity index (χ1) is 33.0. The van der Waals surface area contributed by atoms with E-state index in [9.17, 15) is 14.4 Å². The van der Waals surface area contributed by atoms with Gasteiger partial charge in [0.25, 0.3) is 0 Å². The monoisotopic (exact) mass is 937 g/mol. The van der Waals surface area contributed by atoms with Gasteiger partial charge in [-0.25, -0.2) is 0 Å². The summed E-state index contributed by atoms with van der Waals surface area (Å²) in [6.07, 6.45) is 69.2. The number of carbonyl (C=O) groups excluding carboxylic acids is 3. The lowest BCUT2D eigenvalue weighted by molar-refractivity contribution is -0.167. The summed E-state index contributed by atoms with van der Waals surface area (Å²) in [6.45, 7) is 6.53. The van der Waals surface area contributed by atoms with Crippen LogP contribution in [0.5, 0.6) is 0 Å². The number of esters is 3. The van der Waals surface area contributed by atoms with Crippen molar-refractivity contribution in [2.24, 2.45) is 0 Å². The Kier molecular flexibility index (Phi) is 53.3. The Morgan fingerprint density at radius 1 is 0.313 bits per heavy atom. The van der Waals surface area contributed by atoms with Crippen molar-refractivity contribution in [2.75, 3.05) is 13.2 Å². The van der Waals surface area contributed by atoms with Gasteiger partial charge in [0.15, 0.2) is 6.10 Å². The lowest BCUT2D eigenvalue weighted by Gasteiger charge is -2.18. The van der Waals surface area contributed by atoms with E-state index in [-0.39, 0.29) is 31.1 Å². The highest BCUT2D eigenvalue weighted by Gasteiger charge is 2.19.